The summed E-state index contributed by atoms with van der Waals surface area (Å²) in [6.07, 6.45) is 0.954. The lowest BCUT2D eigenvalue weighted by atomic mass is 10.1. The molecular formula is C13H20N2O5. The van der Waals surface area contributed by atoms with Crippen LogP contribution in [0.5, 0.6) is 0 Å². The quantitative estimate of drug-likeness (QED) is 0.521. The zero-order valence-corrected chi connectivity index (χ0v) is 12.0. The van der Waals surface area contributed by atoms with Crippen LogP contribution in [0.3, 0.4) is 0 Å². The third-order valence-corrected chi connectivity index (χ3v) is 3.13. The Morgan fingerprint density at radius 1 is 1.50 bits per heavy atom. The maximum absolute atomic E-state index is 11.7. The van der Waals surface area contributed by atoms with E-state index >= 15 is 0 Å². The van der Waals surface area contributed by atoms with Gasteiger partial charge in [-0.2, -0.15) is 0 Å². The first-order chi connectivity index (χ1) is 9.38. The molecule has 3 amide bonds. The highest BCUT2D eigenvalue weighted by Gasteiger charge is 2.35. The summed E-state index contributed by atoms with van der Waals surface area (Å²) in [6.45, 7) is 5.28. The number of carbonyl (C=O) groups is 3. The molecule has 7 nitrogen and oxygen atoms in total. The van der Waals surface area contributed by atoms with Crippen LogP contribution in [0.2, 0.25) is 0 Å². The van der Waals surface area contributed by atoms with E-state index in [1.165, 1.54) is 18.0 Å². The van der Waals surface area contributed by atoms with Gasteiger partial charge in [-0.1, -0.05) is 6.08 Å². The molecule has 0 saturated carbocycles. The van der Waals surface area contributed by atoms with Crippen molar-refractivity contribution in [1.82, 2.24) is 9.80 Å². The molecule has 1 saturated heterocycles. The monoisotopic (exact) mass is 284 g/mol. The number of esters is 1. The molecule has 1 aliphatic heterocycles. The first-order valence-electron chi connectivity index (χ1n) is 6.31. The van der Waals surface area contributed by atoms with Crippen LogP contribution in [0.25, 0.3) is 0 Å². The first-order valence-corrected chi connectivity index (χ1v) is 6.31. The highest BCUT2D eigenvalue weighted by Crippen LogP contribution is 2.14. The first kappa shape index (κ1) is 16.2. The number of imide groups is 1. The van der Waals surface area contributed by atoms with Crippen LogP contribution >= 0.6 is 0 Å². The smallest absolute Gasteiger partial charge is 0.335 e. The molecular weight excluding hydrogens is 264 g/mol. The van der Waals surface area contributed by atoms with E-state index in [-0.39, 0.29) is 25.5 Å². The minimum absolute atomic E-state index is 0.0254. The number of rotatable bonds is 6. The summed E-state index contributed by atoms with van der Waals surface area (Å²) in [5, 5.41) is 0. The zero-order valence-electron chi connectivity index (χ0n) is 12.0. The number of urea groups is 1. The van der Waals surface area contributed by atoms with Crippen molar-refractivity contribution in [1.29, 1.82) is 0 Å². The fourth-order valence-electron chi connectivity index (χ4n) is 1.72. The van der Waals surface area contributed by atoms with Crippen molar-refractivity contribution in [2.45, 2.75) is 25.5 Å². The van der Waals surface area contributed by atoms with E-state index in [1.54, 1.807) is 14.0 Å². The van der Waals surface area contributed by atoms with E-state index in [9.17, 15) is 14.4 Å². The molecule has 0 aromatic carbocycles. The largest absolute Gasteiger partial charge is 0.462 e. The SMILES string of the molecule is C=CCOC(C)C(=O)OCC1CC(=O)N(C)C(=O)N1C. The Bertz CT molecular complexity index is 410. The Balaban J connectivity index is 2.48. The van der Waals surface area contributed by atoms with Crippen molar-refractivity contribution in [2.24, 2.45) is 0 Å². The molecule has 1 aliphatic rings. The predicted molar refractivity (Wildman–Crippen MR) is 70.9 cm³/mol. The third-order valence-electron chi connectivity index (χ3n) is 3.13. The molecule has 1 rings (SSSR count). The lowest BCUT2D eigenvalue weighted by Gasteiger charge is -2.35. The average Bonchev–Trinajstić information content (AvgIpc) is 2.44. The van der Waals surface area contributed by atoms with Gasteiger partial charge in [0.15, 0.2) is 6.10 Å². The molecule has 2 unspecified atom stereocenters. The summed E-state index contributed by atoms with van der Waals surface area (Å²) in [4.78, 5) is 37.4. The number of ether oxygens (including phenoxy) is 2. The van der Waals surface area contributed by atoms with Gasteiger partial charge in [0.05, 0.1) is 19.1 Å². The average molecular weight is 284 g/mol. The fraction of sp³-hybridized carbons (Fsp3) is 0.615. The molecule has 0 radical (unpaired) electrons. The zero-order chi connectivity index (χ0) is 15.3. The van der Waals surface area contributed by atoms with Gasteiger partial charge in [-0.3, -0.25) is 9.69 Å². The van der Waals surface area contributed by atoms with Crippen LogP contribution in [0, 0.1) is 0 Å². The number of nitrogens with zero attached hydrogens (tertiary/aromatic N) is 2. The van der Waals surface area contributed by atoms with E-state index in [4.69, 9.17) is 9.47 Å². The van der Waals surface area contributed by atoms with Gasteiger partial charge in [-0.15, -0.1) is 6.58 Å². The second-order valence-corrected chi connectivity index (χ2v) is 4.60. The summed E-state index contributed by atoms with van der Waals surface area (Å²) in [7, 11) is 3.00. The fourth-order valence-corrected chi connectivity index (χ4v) is 1.72. The standard InChI is InChI=1S/C13H20N2O5/c1-5-6-19-9(2)12(17)20-8-10-7-11(16)15(4)13(18)14(10)3/h5,9-10H,1,6-8H2,2-4H3. The Hall–Kier alpha value is -1.89. The molecule has 0 N–H and O–H groups in total. The Morgan fingerprint density at radius 3 is 2.75 bits per heavy atom. The summed E-state index contributed by atoms with van der Waals surface area (Å²) in [5.74, 6) is -0.816. The number of likely N-dealkylation sites (N-methyl/N-ethyl adjacent to an activating group) is 1. The molecule has 20 heavy (non-hydrogen) atoms. The van der Waals surface area contributed by atoms with Crippen molar-refractivity contribution in [3.8, 4) is 0 Å². The van der Waals surface area contributed by atoms with Gasteiger partial charge in [0.1, 0.15) is 6.61 Å². The molecule has 0 spiro atoms. The van der Waals surface area contributed by atoms with E-state index < -0.39 is 24.1 Å². The van der Waals surface area contributed by atoms with Crippen molar-refractivity contribution in [3.63, 3.8) is 0 Å². The number of carbonyl (C=O) groups excluding carboxylic acids is 3. The molecule has 0 bridgehead atoms. The number of hydrogen-bond donors (Lipinski definition) is 0. The van der Waals surface area contributed by atoms with Gasteiger partial charge in [-0.25, -0.2) is 9.59 Å². The van der Waals surface area contributed by atoms with Gasteiger partial charge in [0.2, 0.25) is 5.91 Å². The number of amides is 3. The maximum atomic E-state index is 11.7. The maximum Gasteiger partial charge on any atom is 0.335 e. The van der Waals surface area contributed by atoms with Gasteiger partial charge in [0, 0.05) is 14.1 Å². The van der Waals surface area contributed by atoms with Crippen LogP contribution in [0.1, 0.15) is 13.3 Å². The Labute approximate surface area is 118 Å². The molecule has 1 heterocycles. The van der Waals surface area contributed by atoms with Crippen molar-refractivity contribution in [2.75, 3.05) is 27.3 Å². The molecule has 0 aromatic rings. The van der Waals surface area contributed by atoms with Gasteiger partial charge < -0.3 is 14.4 Å². The highest BCUT2D eigenvalue weighted by atomic mass is 16.6. The molecule has 0 aliphatic carbocycles. The minimum atomic E-state index is -0.712. The summed E-state index contributed by atoms with van der Waals surface area (Å²) >= 11 is 0. The normalized spacial score (nSPS) is 20.9. The van der Waals surface area contributed by atoms with Gasteiger partial charge in [-0.05, 0) is 6.92 Å². The molecule has 0 aromatic heterocycles. The molecule has 112 valence electrons. The molecule has 7 heteroatoms. The van der Waals surface area contributed by atoms with E-state index in [2.05, 4.69) is 6.58 Å². The van der Waals surface area contributed by atoms with Crippen LogP contribution in [0.15, 0.2) is 12.7 Å². The lowest BCUT2D eigenvalue weighted by Crippen LogP contribution is -2.55. The van der Waals surface area contributed by atoms with Crippen LogP contribution in [-0.2, 0) is 19.1 Å². The highest BCUT2D eigenvalue weighted by molar-refractivity contribution is 5.96. The topological polar surface area (TPSA) is 76.1 Å². The summed E-state index contributed by atoms with van der Waals surface area (Å²) in [6, 6.07) is -0.847. The second kappa shape index (κ2) is 7.04. The summed E-state index contributed by atoms with van der Waals surface area (Å²) < 4.78 is 10.2. The van der Waals surface area contributed by atoms with Gasteiger partial charge >= 0.3 is 12.0 Å². The van der Waals surface area contributed by atoms with E-state index in [1.807, 2.05) is 0 Å². The number of hydrogen-bond acceptors (Lipinski definition) is 5. The third kappa shape index (κ3) is 3.80. The van der Waals surface area contributed by atoms with E-state index in [0.29, 0.717) is 0 Å². The van der Waals surface area contributed by atoms with Gasteiger partial charge in [0.25, 0.3) is 0 Å². The van der Waals surface area contributed by atoms with Crippen molar-refractivity contribution < 1.29 is 23.9 Å². The van der Waals surface area contributed by atoms with Crippen LogP contribution < -0.4 is 0 Å². The van der Waals surface area contributed by atoms with E-state index in [0.717, 1.165) is 4.90 Å². The second-order valence-electron chi connectivity index (χ2n) is 4.60. The van der Waals surface area contributed by atoms with Crippen molar-refractivity contribution >= 4 is 17.9 Å². The Kier molecular flexibility index (Phi) is 5.69. The van der Waals surface area contributed by atoms with Crippen LogP contribution in [-0.4, -0.2) is 67.2 Å². The lowest BCUT2D eigenvalue weighted by molar-refractivity contribution is -0.158. The molecule has 1 fully saturated rings. The Morgan fingerprint density at radius 2 is 2.15 bits per heavy atom. The summed E-state index contributed by atoms with van der Waals surface area (Å²) in [5.41, 5.74) is 0. The van der Waals surface area contributed by atoms with Crippen molar-refractivity contribution in [3.05, 3.63) is 12.7 Å². The molecule has 2 atom stereocenters. The predicted octanol–water partition coefficient (Wildman–Crippen LogP) is 0.403. The van der Waals surface area contributed by atoms with Crippen LogP contribution in [0.4, 0.5) is 4.79 Å². The minimum Gasteiger partial charge on any atom is -0.462 e.